The molecule has 3 nitrogen and oxygen atoms in total. The van der Waals surface area contributed by atoms with Gasteiger partial charge in [-0.05, 0) is 24.8 Å². The zero-order valence-corrected chi connectivity index (χ0v) is 8.83. The SMILES string of the molecule is C[C@@H]1C[C@H](c2cccs2)CN1C(=O)O. The molecule has 1 aliphatic heterocycles. The first-order chi connectivity index (χ1) is 6.68. The van der Waals surface area contributed by atoms with Gasteiger partial charge in [0.1, 0.15) is 0 Å². The second-order valence-electron chi connectivity index (χ2n) is 3.73. The summed E-state index contributed by atoms with van der Waals surface area (Å²) in [7, 11) is 0. The van der Waals surface area contributed by atoms with Crippen LogP contribution in [-0.2, 0) is 0 Å². The minimum absolute atomic E-state index is 0.152. The van der Waals surface area contributed by atoms with Gasteiger partial charge in [0.15, 0.2) is 0 Å². The number of carboxylic acid groups (broad SMARTS) is 1. The molecule has 14 heavy (non-hydrogen) atoms. The van der Waals surface area contributed by atoms with E-state index in [0.717, 1.165) is 6.42 Å². The Kier molecular flexibility index (Phi) is 2.46. The van der Waals surface area contributed by atoms with E-state index < -0.39 is 6.09 Å². The van der Waals surface area contributed by atoms with Gasteiger partial charge in [-0.2, -0.15) is 0 Å². The van der Waals surface area contributed by atoms with E-state index in [1.54, 1.807) is 11.3 Å². The van der Waals surface area contributed by atoms with Crippen LogP contribution in [0.25, 0.3) is 0 Å². The van der Waals surface area contributed by atoms with Crippen molar-refractivity contribution < 1.29 is 9.90 Å². The molecule has 0 unspecified atom stereocenters. The highest BCUT2D eigenvalue weighted by molar-refractivity contribution is 7.10. The molecule has 76 valence electrons. The third-order valence-corrected chi connectivity index (χ3v) is 3.80. The summed E-state index contributed by atoms with van der Waals surface area (Å²) in [5.74, 6) is 0.404. The number of hydrogen-bond acceptors (Lipinski definition) is 2. The maximum absolute atomic E-state index is 10.9. The quantitative estimate of drug-likeness (QED) is 0.775. The molecule has 0 saturated carbocycles. The van der Waals surface area contributed by atoms with E-state index in [4.69, 9.17) is 5.11 Å². The number of likely N-dealkylation sites (tertiary alicyclic amines) is 1. The number of hydrogen-bond donors (Lipinski definition) is 1. The molecule has 0 aliphatic carbocycles. The first kappa shape index (κ1) is 9.52. The van der Waals surface area contributed by atoms with E-state index in [0.29, 0.717) is 12.5 Å². The number of thiophene rings is 1. The fraction of sp³-hybridized carbons (Fsp3) is 0.500. The molecule has 0 radical (unpaired) electrons. The molecule has 1 N–H and O–H groups in total. The average Bonchev–Trinajstić information content (AvgIpc) is 2.70. The van der Waals surface area contributed by atoms with Crippen LogP contribution in [-0.4, -0.2) is 28.7 Å². The van der Waals surface area contributed by atoms with Gasteiger partial charge < -0.3 is 10.0 Å². The molecule has 0 aromatic carbocycles. The summed E-state index contributed by atoms with van der Waals surface area (Å²) in [6.45, 7) is 2.62. The number of carbonyl (C=O) groups is 1. The smallest absolute Gasteiger partial charge is 0.407 e. The molecule has 1 saturated heterocycles. The molecule has 1 aromatic heterocycles. The van der Waals surface area contributed by atoms with Gasteiger partial charge in [0.2, 0.25) is 0 Å². The summed E-state index contributed by atoms with van der Waals surface area (Å²) >= 11 is 1.72. The van der Waals surface area contributed by atoms with Gasteiger partial charge in [0, 0.05) is 23.4 Å². The lowest BCUT2D eigenvalue weighted by Crippen LogP contribution is -2.32. The van der Waals surface area contributed by atoms with Crippen LogP contribution < -0.4 is 0 Å². The first-order valence-corrected chi connectivity index (χ1v) is 5.59. The van der Waals surface area contributed by atoms with Gasteiger partial charge in [-0.1, -0.05) is 6.07 Å². The largest absolute Gasteiger partial charge is 0.465 e. The van der Waals surface area contributed by atoms with Crippen LogP contribution in [0.3, 0.4) is 0 Å². The monoisotopic (exact) mass is 211 g/mol. The Bertz CT molecular complexity index is 323. The van der Waals surface area contributed by atoms with Crippen LogP contribution >= 0.6 is 11.3 Å². The number of nitrogens with zero attached hydrogens (tertiary/aromatic N) is 1. The van der Waals surface area contributed by atoms with Crippen molar-refractivity contribution in [3.8, 4) is 0 Å². The summed E-state index contributed by atoms with van der Waals surface area (Å²) < 4.78 is 0. The van der Waals surface area contributed by atoms with E-state index in [1.165, 1.54) is 9.78 Å². The van der Waals surface area contributed by atoms with E-state index in [-0.39, 0.29) is 6.04 Å². The van der Waals surface area contributed by atoms with Gasteiger partial charge in [-0.3, -0.25) is 0 Å². The van der Waals surface area contributed by atoms with Crippen molar-refractivity contribution in [3.05, 3.63) is 22.4 Å². The van der Waals surface area contributed by atoms with Gasteiger partial charge >= 0.3 is 6.09 Å². The van der Waals surface area contributed by atoms with Gasteiger partial charge in [0.25, 0.3) is 0 Å². The van der Waals surface area contributed by atoms with Crippen LogP contribution in [0.4, 0.5) is 4.79 Å². The van der Waals surface area contributed by atoms with Crippen molar-refractivity contribution in [3.63, 3.8) is 0 Å². The van der Waals surface area contributed by atoms with Crippen molar-refractivity contribution >= 4 is 17.4 Å². The zero-order valence-electron chi connectivity index (χ0n) is 8.01. The summed E-state index contributed by atoms with van der Waals surface area (Å²) in [5.41, 5.74) is 0. The molecule has 2 atom stereocenters. The minimum Gasteiger partial charge on any atom is -0.465 e. The highest BCUT2D eigenvalue weighted by Crippen LogP contribution is 2.33. The third kappa shape index (κ3) is 1.62. The van der Waals surface area contributed by atoms with E-state index in [1.807, 2.05) is 18.4 Å². The maximum Gasteiger partial charge on any atom is 0.407 e. The Hall–Kier alpha value is -1.03. The Morgan fingerprint density at radius 1 is 1.71 bits per heavy atom. The number of amides is 1. The molecule has 4 heteroatoms. The predicted molar refractivity (Wildman–Crippen MR) is 55.9 cm³/mol. The molecule has 1 aliphatic rings. The Balaban J connectivity index is 2.10. The van der Waals surface area contributed by atoms with Crippen LogP contribution in [0.2, 0.25) is 0 Å². The zero-order chi connectivity index (χ0) is 10.1. The Morgan fingerprint density at radius 2 is 2.50 bits per heavy atom. The molecular weight excluding hydrogens is 198 g/mol. The minimum atomic E-state index is -0.795. The summed E-state index contributed by atoms with van der Waals surface area (Å²) in [4.78, 5) is 13.7. The molecule has 2 heterocycles. The molecule has 1 aromatic rings. The van der Waals surface area contributed by atoms with Crippen molar-refractivity contribution in [2.75, 3.05) is 6.54 Å². The van der Waals surface area contributed by atoms with E-state index >= 15 is 0 Å². The predicted octanol–water partition coefficient (Wildman–Crippen LogP) is 2.60. The lowest BCUT2D eigenvalue weighted by Gasteiger charge is -2.16. The highest BCUT2D eigenvalue weighted by atomic mass is 32.1. The second-order valence-corrected chi connectivity index (χ2v) is 4.71. The summed E-state index contributed by atoms with van der Waals surface area (Å²) in [6, 6.07) is 4.27. The topological polar surface area (TPSA) is 40.5 Å². The van der Waals surface area contributed by atoms with Crippen molar-refractivity contribution in [1.29, 1.82) is 0 Å². The lowest BCUT2D eigenvalue weighted by molar-refractivity contribution is 0.143. The molecule has 0 spiro atoms. The van der Waals surface area contributed by atoms with Gasteiger partial charge in [-0.25, -0.2) is 4.79 Å². The van der Waals surface area contributed by atoms with Crippen LogP contribution in [0.5, 0.6) is 0 Å². The summed E-state index contributed by atoms with van der Waals surface area (Å²) in [6.07, 6.45) is 0.156. The average molecular weight is 211 g/mol. The van der Waals surface area contributed by atoms with Gasteiger partial charge in [0.05, 0.1) is 0 Å². The van der Waals surface area contributed by atoms with E-state index in [9.17, 15) is 4.79 Å². The molecular formula is C10H13NO2S. The van der Waals surface area contributed by atoms with E-state index in [2.05, 4.69) is 6.07 Å². The molecule has 0 bridgehead atoms. The normalized spacial score (nSPS) is 26.8. The van der Waals surface area contributed by atoms with Crippen LogP contribution in [0, 0.1) is 0 Å². The standard InChI is InChI=1S/C10H13NO2S/c1-7-5-8(6-11(7)10(12)13)9-3-2-4-14-9/h2-4,7-8H,5-6H2,1H3,(H,12,13)/t7-,8+/m1/s1. The van der Waals surface area contributed by atoms with Crippen molar-refractivity contribution in [2.24, 2.45) is 0 Å². The first-order valence-electron chi connectivity index (χ1n) is 4.71. The molecule has 2 rings (SSSR count). The lowest BCUT2D eigenvalue weighted by atomic mass is 10.1. The van der Waals surface area contributed by atoms with Crippen molar-refractivity contribution in [1.82, 2.24) is 4.90 Å². The second kappa shape index (κ2) is 3.61. The third-order valence-electron chi connectivity index (χ3n) is 2.77. The Labute approximate surface area is 87.0 Å². The number of rotatable bonds is 1. The van der Waals surface area contributed by atoms with Crippen LogP contribution in [0.15, 0.2) is 17.5 Å². The Morgan fingerprint density at radius 3 is 3.00 bits per heavy atom. The molecule has 1 amide bonds. The van der Waals surface area contributed by atoms with Crippen LogP contribution in [0.1, 0.15) is 24.1 Å². The molecule has 1 fully saturated rings. The maximum atomic E-state index is 10.9. The highest BCUT2D eigenvalue weighted by Gasteiger charge is 2.33. The van der Waals surface area contributed by atoms with Crippen molar-refractivity contribution in [2.45, 2.75) is 25.3 Å². The fourth-order valence-corrected chi connectivity index (χ4v) is 2.86. The van der Waals surface area contributed by atoms with Gasteiger partial charge in [-0.15, -0.1) is 11.3 Å². The summed E-state index contributed by atoms with van der Waals surface area (Å²) in [5, 5.41) is 11.0. The fourth-order valence-electron chi connectivity index (χ4n) is 2.03.